The van der Waals surface area contributed by atoms with Crippen LogP contribution in [0.4, 0.5) is 5.69 Å². The van der Waals surface area contributed by atoms with E-state index >= 15 is 0 Å². The second-order valence-electron chi connectivity index (χ2n) is 7.05. The number of rotatable bonds is 6. The number of nitrogens with zero attached hydrogens (tertiary/aromatic N) is 4. The third-order valence-electron chi connectivity index (χ3n) is 4.84. The van der Waals surface area contributed by atoms with Crippen LogP contribution < -0.4 is 5.56 Å². The number of hydrogen-bond donors (Lipinski definition) is 0. The molecule has 2 heterocycles. The molecule has 0 bridgehead atoms. The zero-order valence-corrected chi connectivity index (χ0v) is 20.3. The van der Waals surface area contributed by atoms with Gasteiger partial charge in [-0.05, 0) is 49.6 Å². The predicted molar refractivity (Wildman–Crippen MR) is 132 cm³/mol. The Hall–Kier alpha value is -2.15. The van der Waals surface area contributed by atoms with E-state index in [1.54, 1.807) is 35.2 Å². The van der Waals surface area contributed by atoms with Crippen LogP contribution in [-0.4, -0.2) is 34.4 Å². The number of benzene rings is 1. The summed E-state index contributed by atoms with van der Waals surface area (Å²) < 4.78 is 1.56. The van der Waals surface area contributed by atoms with E-state index in [0.29, 0.717) is 0 Å². The molecule has 162 valence electrons. The topological polar surface area (TPSA) is 50.5 Å². The van der Waals surface area contributed by atoms with Gasteiger partial charge in [0.15, 0.2) is 0 Å². The minimum absolute atomic E-state index is 0. The molecule has 0 N–H and O–H groups in total. The van der Waals surface area contributed by atoms with Crippen LogP contribution in [0.5, 0.6) is 0 Å². The van der Waals surface area contributed by atoms with E-state index in [-0.39, 0.29) is 30.4 Å². The molecule has 0 amide bonds. The van der Waals surface area contributed by atoms with E-state index in [2.05, 4.69) is 42.8 Å². The molecule has 0 fully saturated rings. The van der Waals surface area contributed by atoms with Crippen molar-refractivity contribution in [1.82, 2.24) is 14.5 Å². The first-order valence-electron chi connectivity index (χ1n) is 9.33. The summed E-state index contributed by atoms with van der Waals surface area (Å²) in [4.78, 5) is 23.3. The molecular formula is C22H28Cl2N4OS. The summed E-state index contributed by atoms with van der Waals surface area (Å²) in [5.41, 5.74) is 6.32. The highest BCUT2D eigenvalue weighted by molar-refractivity contribution is 7.10. The molecule has 0 radical (unpaired) electrons. The Morgan fingerprint density at radius 3 is 2.60 bits per heavy atom. The second-order valence-corrected chi connectivity index (χ2v) is 7.99. The monoisotopic (exact) mass is 466 g/mol. The number of aryl methyl sites for hydroxylation is 3. The lowest BCUT2D eigenvalue weighted by atomic mass is 10.0. The van der Waals surface area contributed by atoms with Gasteiger partial charge in [0, 0.05) is 50.3 Å². The number of aromatic nitrogens is 2. The standard InChI is InChI=1S/C22H26N4OS.2ClH/c1-6-25(4)14-23-19-10-15(2)18(9-16(19)3)11-21-24-20(13-28-21)17-7-8-26(5)22(27)12-17;;/h7-10,12-14H,6,11H2,1-5H3;2*1H/b23-14-;;. The van der Waals surface area contributed by atoms with E-state index in [9.17, 15) is 4.79 Å². The van der Waals surface area contributed by atoms with Gasteiger partial charge >= 0.3 is 0 Å². The van der Waals surface area contributed by atoms with Crippen molar-refractivity contribution in [2.24, 2.45) is 12.0 Å². The Morgan fingerprint density at radius 2 is 1.93 bits per heavy atom. The van der Waals surface area contributed by atoms with Crippen LogP contribution in [0.2, 0.25) is 0 Å². The molecule has 0 saturated carbocycles. The van der Waals surface area contributed by atoms with Crippen LogP contribution in [0.15, 0.2) is 45.6 Å². The minimum Gasteiger partial charge on any atom is -0.366 e. The van der Waals surface area contributed by atoms with Crippen molar-refractivity contribution in [3.8, 4) is 11.3 Å². The predicted octanol–water partition coefficient (Wildman–Crippen LogP) is 5.17. The third-order valence-corrected chi connectivity index (χ3v) is 5.69. The number of pyridine rings is 1. The maximum atomic E-state index is 11.9. The lowest BCUT2D eigenvalue weighted by Crippen LogP contribution is -2.14. The number of hydrogen-bond acceptors (Lipinski definition) is 4. The first-order chi connectivity index (χ1) is 13.4. The molecule has 0 spiro atoms. The first-order valence-corrected chi connectivity index (χ1v) is 10.2. The van der Waals surface area contributed by atoms with Crippen molar-refractivity contribution in [1.29, 1.82) is 0 Å². The molecule has 8 heteroatoms. The van der Waals surface area contributed by atoms with Crippen molar-refractivity contribution in [3.63, 3.8) is 0 Å². The maximum Gasteiger partial charge on any atom is 0.250 e. The van der Waals surface area contributed by atoms with Crippen molar-refractivity contribution in [2.45, 2.75) is 27.2 Å². The van der Waals surface area contributed by atoms with Crippen molar-refractivity contribution < 1.29 is 0 Å². The Morgan fingerprint density at radius 1 is 1.20 bits per heavy atom. The van der Waals surface area contributed by atoms with Gasteiger partial charge in [0.25, 0.3) is 5.56 Å². The molecule has 0 aliphatic carbocycles. The summed E-state index contributed by atoms with van der Waals surface area (Å²) >= 11 is 1.63. The van der Waals surface area contributed by atoms with E-state index in [1.165, 1.54) is 11.1 Å². The van der Waals surface area contributed by atoms with Crippen molar-refractivity contribution in [2.75, 3.05) is 13.6 Å². The Labute approximate surface area is 194 Å². The molecule has 0 aliphatic rings. The van der Waals surface area contributed by atoms with E-state index in [0.717, 1.165) is 40.5 Å². The van der Waals surface area contributed by atoms with Crippen LogP contribution in [0, 0.1) is 13.8 Å². The summed E-state index contributed by atoms with van der Waals surface area (Å²) in [5.74, 6) is 0. The molecule has 0 saturated heterocycles. The van der Waals surface area contributed by atoms with Gasteiger partial charge in [0.05, 0.1) is 22.7 Å². The highest BCUT2D eigenvalue weighted by Gasteiger charge is 2.10. The number of halogens is 2. The van der Waals surface area contributed by atoms with E-state index < -0.39 is 0 Å². The normalized spacial score (nSPS) is 10.6. The Balaban J connectivity index is 0.00000225. The molecule has 30 heavy (non-hydrogen) atoms. The Kier molecular flexibility index (Phi) is 9.75. The molecule has 1 aromatic carbocycles. The summed E-state index contributed by atoms with van der Waals surface area (Å²) in [6.07, 6.45) is 4.43. The lowest BCUT2D eigenvalue weighted by molar-refractivity contribution is 0.552. The highest BCUT2D eigenvalue weighted by atomic mass is 35.5. The zero-order chi connectivity index (χ0) is 20.3. The zero-order valence-electron chi connectivity index (χ0n) is 17.9. The first kappa shape index (κ1) is 25.9. The fraction of sp³-hybridized carbons (Fsp3) is 0.318. The van der Waals surface area contributed by atoms with Gasteiger partial charge in [-0.1, -0.05) is 6.07 Å². The average molecular weight is 467 g/mol. The average Bonchev–Trinajstić information content (AvgIpc) is 3.13. The van der Waals surface area contributed by atoms with Gasteiger partial charge in [0.1, 0.15) is 0 Å². The summed E-state index contributed by atoms with van der Waals surface area (Å²) in [6, 6.07) is 7.90. The molecule has 0 unspecified atom stereocenters. The maximum absolute atomic E-state index is 11.9. The molecule has 2 aromatic heterocycles. The van der Waals surface area contributed by atoms with Crippen LogP contribution in [0.1, 0.15) is 28.6 Å². The summed E-state index contributed by atoms with van der Waals surface area (Å²) in [7, 11) is 3.76. The van der Waals surface area contributed by atoms with Gasteiger partial charge in [-0.2, -0.15) is 0 Å². The smallest absolute Gasteiger partial charge is 0.250 e. The van der Waals surface area contributed by atoms with Crippen molar-refractivity contribution in [3.05, 3.63) is 67.9 Å². The van der Waals surface area contributed by atoms with Crippen LogP contribution in [0.3, 0.4) is 0 Å². The van der Waals surface area contributed by atoms with Gasteiger partial charge in [-0.3, -0.25) is 4.79 Å². The van der Waals surface area contributed by atoms with Crippen LogP contribution in [-0.2, 0) is 13.5 Å². The highest BCUT2D eigenvalue weighted by Crippen LogP contribution is 2.27. The molecule has 3 aromatic rings. The summed E-state index contributed by atoms with van der Waals surface area (Å²) in [6.45, 7) is 7.24. The van der Waals surface area contributed by atoms with Gasteiger partial charge in [0.2, 0.25) is 0 Å². The van der Waals surface area contributed by atoms with Gasteiger partial charge < -0.3 is 9.47 Å². The van der Waals surface area contributed by atoms with Crippen LogP contribution >= 0.6 is 36.2 Å². The third kappa shape index (κ3) is 6.17. The minimum atomic E-state index is -0.0246. The Bertz CT molecular complexity index is 1080. The molecule has 3 rings (SSSR count). The van der Waals surface area contributed by atoms with Crippen LogP contribution in [0.25, 0.3) is 11.3 Å². The largest absolute Gasteiger partial charge is 0.366 e. The van der Waals surface area contributed by atoms with E-state index in [1.807, 2.05) is 24.8 Å². The SMILES string of the molecule is CCN(C)/C=N\c1cc(C)c(Cc2nc(-c3ccn(C)c(=O)c3)cs2)cc1C.Cl.Cl. The number of thiazole rings is 1. The molecule has 0 atom stereocenters. The molecule has 5 nitrogen and oxygen atoms in total. The van der Waals surface area contributed by atoms with E-state index in [4.69, 9.17) is 4.98 Å². The fourth-order valence-electron chi connectivity index (χ4n) is 2.83. The number of aliphatic imine (C=N–C) groups is 1. The second kappa shape index (κ2) is 11.3. The fourth-order valence-corrected chi connectivity index (χ4v) is 3.65. The molecule has 0 aliphatic heterocycles. The molecular weight excluding hydrogens is 439 g/mol. The quantitative estimate of drug-likeness (QED) is 0.371. The summed E-state index contributed by atoms with van der Waals surface area (Å²) in [5, 5.41) is 3.06. The lowest BCUT2D eigenvalue weighted by Gasteiger charge is -2.11. The van der Waals surface area contributed by atoms with Gasteiger partial charge in [-0.15, -0.1) is 36.2 Å². The van der Waals surface area contributed by atoms with Crippen molar-refractivity contribution >= 4 is 48.2 Å². The van der Waals surface area contributed by atoms with Gasteiger partial charge in [-0.25, -0.2) is 9.98 Å².